The lowest BCUT2D eigenvalue weighted by atomic mass is 9.41. The van der Waals surface area contributed by atoms with Crippen molar-refractivity contribution < 1.29 is 0 Å². The summed E-state index contributed by atoms with van der Waals surface area (Å²) in [5, 5.41) is 0. The van der Waals surface area contributed by atoms with Gasteiger partial charge in [-0.2, -0.15) is 0 Å². The molecule has 5 fully saturated rings. The van der Waals surface area contributed by atoms with Gasteiger partial charge in [-0.25, -0.2) is 0 Å². The van der Waals surface area contributed by atoms with E-state index < -0.39 is 0 Å². The maximum atomic E-state index is 2.59. The van der Waals surface area contributed by atoms with Crippen molar-refractivity contribution in [3.63, 3.8) is 0 Å². The van der Waals surface area contributed by atoms with Crippen molar-refractivity contribution in [1.29, 1.82) is 0 Å². The molecule has 5 aliphatic rings. The summed E-state index contributed by atoms with van der Waals surface area (Å²) < 4.78 is 0. The molecule has 0 spiro atoms. The molecular formula is C15H24. The quantitative estimate of drug-likeness (QED) is 0.560. The summed E-state index contributed by atoms with van der Waals surface area (Å²) in [6.45, 7) is 5.10. The standard InChI is InChI=1S/C15H24/c1-8-3-13-11-5-10-6-12(9(11)2)14(4-8)15(13)7-10/h8-15H,3-7H2,1-2H3. The summed E-state index contributed by atoms with van der Waals surface area (Å²) in [5.41, 5.74) is 0. The Morgan fingerprint density at radius 3 is 1.67 bits per heavy atom. The predicted octanol–water partition coefficient (Wildman–Crippen LogP) is 3.96. The summed E-state index contributed by atoms with van der Waals surface area (Å²) in [6, 6.07) is 0. The Labute approximate surface area is 93.8 Å². The number of hydrogen-bond donors (Lipinski definition) is 0. The van der Waals surface area contributed by atoms with E-state index in [1.807, 2.05) is 0 Å². The summed E-state index contributed by atoms with van der Waals surface area (Å²) in [5.74, 6) is 9.06. The van der Waals surface area contributed by atoms with Crippen molar-refractivity contribution in [3.05, 3.63) is 0 Å². The molecule has 0 radical (unpaired) electrons. The van der Waals surface area contributed by atoms with Gasteiger partial charge in [0.25, 0.3) is 0 Å². The Morgan fingerprint density at radius 1 is 0.600 bits per heavy atom. The summed E-state index contributed by atoms with van der Waals surface area (Å²) >= 11 is 0. The molecule has 5 aliphatic carbocycles. The molecule has 0 aromatic carbocycles. The van der Waals surface area contributed by atoms with Crippen LogP contribution in [0.15, 0.2) is 0 Å². The Morgan fingerprint density at radius 2 is 1.07 bits per heavy atom. The molecule has 5 rings (SSSR count). The van der Waals surface area contributed by atoms with E-state index in [0.717, 1.165) is 41.4 Å². The summed E-state index contributed by atoms with van der Waals surface area (Å²) in [6.07, 6.45) is 8.00. The first-order valence-corrected chi connectivity index (χ1v) is 7.24. The average Bonchev–Trinajstić information content (AvgIpc) is 2.23. The van der Waals surface area contributed by atoms with Crippen LogP contribution in [0.5, 0.6) is 0 Å². The molecule has 15 heavy (non-hydrogen) atoms. The second-order valence-electron chi connectivity index (χ2n) is 7.33. The minimum atomic E-state index is 1.04. The van der Waals surface area contributed by atoms with E-state index in [4.69, 9.17) is 0 Å². The van der Waals surface area contributed by atoms with Gasteiger partial charge in [0.1, 0.15) is 0 Å². The van der Waals surface area contributed by atoms with Gasteiger partial charge in [-0.3, -0.25) is 0 Å². The van der Waals surface area contributed by atoms with Gasteiger partial charge in [0.05, 0.1) is 0 Å². The molecule has 84 valence electrons. The van der Waals surface area contributed by atoms with Crippen LogP contribution in [-0.4, -0.2) is 0 Å². The van der Waals surface area contributed by atoms with E-state index in [-0.39, 0.29) is 0 Å². The zero-order valence-electron chi connectivity index (χ0n) is 10.2. The zero-order valence-corrected chi connectivity index (χ0v) is 10.2. The second-order valence-corrected chi connectivity index (χ2v) is 7.33. The van der Waals surface area contributed by atoms with E-state index in [1.54, 1.807) is 32.1 Å². The molecule has 0 aromatic heterocycles. The highest BCUT2D eigenvalue weighted by Crippen LogP contribution is 2.65. The monoisotopic (exact) mass is 204 g/mol. The van der Waals surface area contributed by atoms with Gasteiger partial charge in [-0.15, -0.1) is 0 Å². The predicted molar refractivity (Wildman–Crippen MR) is 62.4 cm³/mol. The lowest BCUT2D eigenvalue weighted by Crippen LogP contribution is -2.57. The highest BCUT2D eigenvalue weighted by molar-refractivity contribution is 5.07. The molecular weight excluding hydrogens is 180 g/mol. The first-order valence-electron chi connectivity index (χ1n) is 7.24. The van der Waals surface area contributed by atoms with Crippen LogP contribution in [-0.2, 0) is 0 Å². The summed E-state index contributed by atoms with van der Waals surface area (Å²) in [7, 11) is 0. The van der Waals surface area contributed by atoms with Gasteiger partial charge >= 0.3 is 0 Å². The normalized spacial score (nSPS) is 66.0. The zero-order chi connectivity index (χ0) is 10.2. The van der Waals surface area contributed by atoms with Gasteiger partial charge in [0.2, 0.25) is 0 Å². The number of hydrogen-bond acceptors (Lipinski definition) is 0. The van der Waals surface area contributed by atoms with Crippen molar-refractivity contribution in [2.75, 3.05) is 0 Å². The van der Waals surface area contributed by atoms with Crippen LogP contribution in [0.3, 0.4) is 0 Å². The van der Waals surface area contributed by atoms with Gasteiger partial charge in [0, 0.05) is 0 Å². The SMILES string of the molecule is CC1CC2C3CC4CC(C3C)C(C1)C2C4. The highest BCUT2D eigenvalue weighted by Gasteiger charge is 2.58. The van der Waals surface area contributed by atoms with Crippen molar-refractivity contribution in [1.82, 2.24) is 0 Å². The average molecular weight is 204 g/mol. The first kappa shape index (κ1) is 9.07. The molecule has 4 unspecified atom stereocenters. The van der Waals surface area contributed by atoms with E-state index in [0.29, 0.717) is 0 Å². The molecule has 5 saturated carbocycles. The fourth-order valence-electron chi connectivity index (χ4n) is 6.35. The van der Waals surface area contributed by atoms with Crippen LogP contribution in [0, 0.1) is 47.3 Å². The first-order chi connectivity index (χ1) is 7.24. The molecule has 0 N–H and O–H groups in total. The Kier molecular flexibility index (Phi) is 1.70. The topological polar surface area (TPSA) is 0 Å². The van der Waals surface area contributed by atoms with E-state index in [9.17, 15) is 0 Å². The lowest BCUT2D eigenvalue weighted by molar-refractivity contribution is -0.155. The fourth-order valence-corrected chi connectivity index (χ4v) is 6.35. The largest absolute Gasteiger partial charge is 0.0625 e. The van der Waals surface area contributed by atoms with Crippen LogP contribution < -0.4 is 0 Å². The Bertz CT molecular complexity index is 244. The maximum Gasteiger partial charge on any atom is -0.0349 e. The van der Waals surface area contributed by atoms with Gasteiger partial charge in [0.15, 0.2) is 0 Å². The van der Waals surface area contributed by atoms with Crippen molar-refractivity contribution in [2.24, 2.45) is 47.3 Å². The van der Waals surface area contributed by atoms with Crippen molar-refractivity contribution in [2.45, 2.75) is 46.0 Å². The minimum Gasteiger partial charge on any atom is -0.0625 e. The third-order valence-electron chi connectivity index (χ3n) is 6.72. The highest BCUT2D eigenvalue weighted by atomic mass is 14.6. The van der Waals surface area contributed by atoms with Crippen LogP contribution in [0.1, 0.15) is 46.0 Å². The van der Waals surface area contributed by atoms with Crippen LogP contribution in [0.4, 0.5) is 0 Å². The van der Waals surface area contributed by atoms with Gasteiger partial charge in [-0.05, 0) is 79.4 Å². The third-order valence-corrected chi connectivity index (χ3v) is 6.72. The van der Waals surface area contributed by atoms with Gasteiger partial charge in [-0.1, -0.05) is 13.8 Å². The molecule has 0 amide bonds. The minimum absolute atomic E-state index is 1.04. The third kappa shape index (κ3) is 1.04. The second kappa shape index (κ2) is 2.81. The Balaban J connectivity index is 1.76. The van der Waals surface area contributed by atoms with Crippen LogP contribution in [0.25, 0.3) is 0 Å². The van der Waals surface area contributed by atoms with E-state index in [2.05, 4.69) is 13.8 Å². The van der Waals surface area contributed by atoms with Crippen LogP contribution >= 0.6 is 0 Å². The molecule has 6 bridgehead atoms. The molecule has 0 aliphatic heterocycles. The Hall–Kier alpha value is 0. The molecule has 0 heteroatoms. The van der Waals surface area contributed by atoms with Crippen molar-refractivity contribution in [3.8, 4) is 0 Å². The van der Waals surface area contributed by atoms with E-state index in [1.165, 1.54) is 5.92 Å². The van der Waals surface area contributed by atoms with Gasteiger partial charge < -0.3 is 0 Å². The lowest BCUT2D eigenvalue weighted by Gasteiger charge is -2.64. The van der Waals surface area contributed by atoms with Crippen molar-refractivity contribution >= 4 is 0 Å². The molecule has 4 atom stereocenters. The molecule has 0 aromatic rings. The molecule has 0 saturated heterocycles. The maximum absolute atomic E-state index is 2.59. The summed E-state index contributed by atoms with van der Waals surface area (Å²) in [4.78, 5) is 0. The van der Waals surface area contributed by atoms with E-state index >= 15 is 0 Å². The molecule has 0 nitrogen and oxygen atoms in total. The smallest absolute Gasteiger partial charge is 0.0349 e. The fraction of sp³-hybridized carbons (Fsp3) is 1.00. The van der Waals surface area contributed by atoms with Crippen LogP contribution in [0.2, 0.25) is 0 Å². The molecule has 0 heterocycles. The number of rotatable bonds is 0.